The second-order valence-corrected chi connectivity index (χ2v) is 6.98. The fraction of sp³-hybridized carbons (Fsp3) is 0.250. The third-order valence-corrected chi connectivity index (χ3v) is 4.72. The Labute approximate surface area is 173 Å². The van der Waals surface area contributed by atoms with Gasteiger partial charge in [-0.05, 0) is 36.8 Å². The first-order valence-electron chi connectivity index (χ1n) is 9.46. The van der Waals surface area contributed by atoms with E-state index in [1.165, 1.54) is 6.33 Å². The summed E-state index contributed by atoms with van der Waals surface area (Å²) in [7, 11) is 0. The molecule has 4 rings (SSSR count). The number of hydrogen-bond acceptors (Lipinski definition) is 5. The second-order valence-electron chi connectivity index (χ2n) is 6.98. The van der Waals surface area contributed by atoms with E-state index in [-0.39, 0.29) is 17.3 Å². The molecule has 0 aliphatic carbocycles. The first-order chi connectivity index (χ1) is 14.8. The molecule has 0 fully saturated rings. The van der Waals surface area contributed by atoms with E-state index < -0.39 is 23.2 Å². The molecule has 8 nitrogen and oxygen atoms in total. The van der Waals surface area contributed by atoms with Crippen LogP contribution in [0.1, 0.15) is 24.6 Å². The van der Waals surface area contributed by atoms with E-state index >= 15 is 0 Å². The zero-order chi connectivity index (χ0) is 22.2. The number of amides is 1. The van der Waals surface area contributed by atoms with Crippen molar-refractivity contribution < 1.29 is 18.0 Å². The number of halogens is 3. The Hall–Kier alpha value is -3.76. The highest BCUT2D eigenvalue weighted by Crippen LogP contribution is 2.31. The molecule has 160 valence electrons. The molecule has 0 spiro atoms. The molecular formula is C20H17F3N6O2. The minimum Gasteiger partial charge on any atom is -0.323 e. The summed E-state index contributed by atoms with van der Waals surface area (Å²) in [6, 6.07) is 6.24. The number of aryl methyl sites for hydroxylation is 1. The molecule has 1 aromatic carbocycles. The molecule has 0 unspecified atom stereocenters. The number of fused-ring (bicyclic) bond motifs is 2. The van der Waals surface area contributed by atoms with Crippen molar-refractivity contribution in [1.29, 1.82) is 0 Å². The minimum absolute atomic E-state index is 0.0881. The highest BCUT2D eigenvalue weighted by Gasteiger charge is 2.31. The zero-order valence-electron chi connectivity index (χ0n) is 16.3. The van der Waals surface area contributed by atoms with Gasteiger partial charge in [-0.2, -0.15) is 18.3 Å². The van der Waals surface area contributed by atoms with Crippen molar-refractivity contribution >= 4 is 28.0 Å². The van der Waals surface area contributed by atoms with Gasteiger partial charge in [0.15, 0.2) is 5.65 Å². The number of nitrogens with zero attached hydrogens (tertiary/aromatic N) is 5. The Morgan fingerprint density at radius 3 is 2.71 bits per heavy atom. The smallest absolute Gasteiger partial charge is 0.323 e. The van der Waals surface area contributed by atoms with Gasteiger partial charge in [0.05, 0.1) is 22.3 Å². The number of rotatable bonds is 5. The van der Waals surface area contributed by atoms with Gasteiger partial charge in [0.1, 0.15) is 12.9 Å². The first kappa shape index (κ1) is 20.5. The summed E-state index contributed by atoms with van der Waals surface area (Å²) in [5.41, 5.74) is -0.0732. The van der Waals surface area contributed by atoms with Crippen molar-refractivity contribution in [3.8, 4) is 0 Å². The third-order valence-electron chi connectivity index (χ3n) is 4.72. The summed E-state index contributed by atoms with van der Waals surface area (Å²) in [6.45, 7) is 1.47. The number of hydrogen-bond donors (Lipinski definition) is 1. The standard InChI is InChI=1S/C20H17F3N6O2/c1-2-3-16-15-8-12(20(21,22)23)4-6-14(15)19(31)29(27-16)10-18(30)25-13-5-7-17-26-24-11-28(17)9-13/h4-9,11H,2-3,10H2,1H3,(H,25,30). The van der Waals surface area contributed by atoms with E-state index in [1.54, 1.807) is 22.7 Å². The Bertz CT molecular complexity index is 1340. The van der Waals surface area contributed by atoms with E-state index in [4.69, 9.17) is 0 Å². The maximum atomic E-state index is 13.1. The molecule has 1 amide bonds. The van der Waals surface area contributed by atoms with Gasteiger partial charge in [-0.1, -0.05) is 13.3 Å². The van der Waals surface area contributed by atoms with E-state index in [9.17, 15) is 22.8 Å². The van der Waals surface area contributed by atoms with Crippen molar-refractivity contribution in [2.24, 2.45) is 0 Å². The summed E-state index contributed by atoms with van der Waals surface area (Å²) in [6.07, 6.45) is -0.457. The van der Waals surface area contributed by atoms with Crippen LogP contribution >= 0.6 is 0 Å². The molecule has 1 N–H and O–H groups in total. The SMILES string of the molecule is CCCc1nn(CC(=O)Nc2ccc3nncn3c2)c(=O)c2ccc(C(F)(F)F)cc12. The van der Waals surface area contributed by atoms with Crippen molar-refractivity contribution in [3.05, 3.63) is 64.5 Å². The number of anilines is 1. The molecule has 3 heterocycles. The summed E-state index contributed by atoms with van der Waals surface area (Å²) >= 11 is 0. The maximum Gasteiger partial charge on any atom is 0.416 e. The molecule has 11 heteroatoms. The molecule has 0 aliphatic rings. The predicted octanol–water partition coefficient (Wildman–Crippen LogP) is 3.05. The predicted molar refractivity (Wildman–Crippen MR) is 107 cm³/mol. The fourth-order valence-electron chi connectivity index (χ4n) is 3.30. The molecule has 0 bridgehead atoms. The normalized spacial score (nSPS) is 11.9. The highest BCUT2D eigenvalue weighted by molar-refractivity contribution is 5.91. The quantitative estimate of drug-likeness (QED) is 0.525. The number of nitrogens with one attached hydrogen (secondary N) is 1. The lowest BCUT2D eigenvalue weighted by Crippen LogP contribution is -2.31. The van der Waals surface area contributed by atoms with Crippen molar-refractivity contribution in [2.45, 2.75) is 32.5 Å². The van der Waals surface area contributed by atoms with E-state index in [1.807, 2.05) is 6.92 Å². The Kier molecular flexibility index (Phi) is 5.17. The number of carbonyl (C=O) groups is 1. The van der Waals surface area contributed by atoms with Crippen LogP contribution in [0.15, 0.2) is 47.7 Å². The number of aromatic nitrogens is 5. The molecule has 0 saturated heterocycles. The van der Waals surface area contributed by atoms with Crippen LogP contribution in [-0.4, -0.2) is 30.3 Å². The third kappa shape index (κ3) is 4.11. The lowest BCUT2D eigenvalue weighted by molar-refractivity contribution is -0.137. The monoisotopic (exact) mass is 430 g/mol. The topological polar surface area (TPSA) is 94.2 Å². The van der Waals surface area contributed by atoms with Gasteiger partial charge in [0.25, 0.3) is 5.56 Å². The lowest BCUT2D eigenvalue weighted by Gasteiger charge is -2.13. The molecule has 0 atom stereocenters. The van der Waals surface area contributed by atoms with Gasteiger partial charge >= 0.3 is 6.18 Å². The van der Waals surface area contributed by atoms with Crippen LogP contribution in [0.4, 0.5) is 18.9 Å². The average Bonchev–Trinajstić information content (AvgIpc) is 3.18. The van der Waals surface area contributed by atoms with Crippen LogP contribution in [0.3, 0.4) is 0 Å². The maximum absolute atomic E-state index is 13.1. The Balaban J connectivity index is 1.67. The molecule has 3 aromatic heterocycles. The van der Waals surface area contributed by atoms with E-state index in [2.05, 4.69) is 20.6 Å². The largest absolute Gasteiger partial charge is 0.416 e. The van der Waals surface area contributed by atoms with Crippen LogP contribution in [0, 0.1) is 0 Å². The van der Waals surface area contributed by atoms with Gasteiger partial charge in [-0.15, -0.1) is 10.2 Å². The molecule has 4 aromatic rings. The van der Waals surface area contributed by atoms with Gasteiger partial charge in [0.2, 0.25) is 5.91 Å². The molecule has 31 heavy (non-hydrogen) atoms. The van der Waals surface area contributed by atoms with Crippen molar-refractivity contribution in [3.63, 3.8) is 0 Å². The average molecular weight is 430 g/mol. The highest BCUT2D eigenvalue weighted by atomic mass is 19.4. The Morgan fingerprint density at radius 1 is 1.16 bits per heavy atom. The van der Waals surface area contributed by atoms with Gasteiger partial charge in [-0.25, -0.2) is 4.68 Å². The van der Waals surface area contributed by atoms with E-state index in [0.29, 0.717) is 29.9 Å². The summed E-state index contributed by atoms with van der Waals surface area (Å²) in [5.74, 6) is -0.504. The lowest BCUT2D eigenvalue weighted by atomic mass is 10.0. The first-order valence-corrected chi connectivity index (χ1v) is 9.46. The Morgan fingerprint density at radius 2 is 1.97 bits per heavy atom. The van der Waals surface area contributed by atoms with Gasteiger partial charge < -0.3 is 5.32 Å². The second kappa shape index (κ2) is 7.82. The summed E-state index contributed by atoms with van der Waals surface area (Å²) in [4.78, 5) is 25.3. The number of alkyl halides is 3. The molecule has 0 aliphatic heterocycles. The van der Waals surface area contributed by atoms with Crippen molar-refractivity contribution in [1.82, 2.24) is 24.4 Å². The molecule has 0 saturated carbocycles. The molecular weight excluding hydrogens is 413 g/mol. The molecule has 0 radical (unpaired) electrons. The van der Waals surface area contributed by atoms with Crippen LogP contribution < -0.4 is 10.9 Å². The summed E-state index contributed by atoms with van der Waals surface area (Å²) in [5, 5.41) is 14.7. The van der Waals surface area contributed by atoms with Crippen LogP contribution in [0.5, 0.6) is 0 Å². The number of pyridine rings is 1. The van der Waals surface area contributed by atoms with E-state index in [0.717, 1.165) is 22.9 Å². The van der Waals surface area contributed by atoms with Gasteiger partial charge in [-0.3, -0.25) is 14.0 Å². The minimum atomic E-state index is -4.53. The number of benzene rings is 1. The van der Waals surface area contributed by atoms with Gasteiger partial charge in [0, 0.05) is 11.6 Å². The van der Waals surface area contributed by atoms with Crippen LogP contribution in [-0.2, 0) is 23.9 Å². The van der Waals surface area contributed by atoms with Crippen LogP contribution in [0.2, 0.25) is 0 Å². The summed E-state index contributed by atoms with van der Waals surface area (Å²) < 4.78 is 41.9. The van der Waals surface area contributed by atoms with Crippen LogP contribution in [0.25, 0.3) is 16.4 Å². The van der Waals surface area contributed by atoms with Crippen molar-refractivity contribution in [2.75, 3.05) is 5.32 Å². The fourth-order valence-corrected chi connectivity index (χ4v) is 3.30. The zero-order valence-corrected chi connectivity index (χ0v) is 16.3. The number of carbonyl (C=O) groups excluding carboxylic acids is 1.